The van der Waals surface area contributed by atoms with Crippen LogP contribution in [-0.4, -0.2) is 27.0 Å². The summed E-state index contributed by atoms with van der Waals surface area (Å²) in [5.41, 5.74) is 1.04. The highest BCUT2D eigenvalue weighted by atomic mass is 35.5. The molecule has 6 nitrogen and oxygen atoms in total. The first kappa shape index (κ1) is 14.0. The van der Waals surface area contributed by atoms with Crippen LogP contribution in [0.25, 0.3) is 0 Å². The number of hydrogen-bond donors (Lipinski definition) is 2. The Kier molecular flexibility index (Phi) is 3.95. The summed E-state index contributed by atoms with van der Waals surface area (Å²) in [7, 11) is 0. The lowest BCUT2D eigenvalue weighted by molar-refractivity contribution is 0.0698. The van der Waals surface area contributed by atoms with Crippen molar-refractivity contribution in [2.75, 3.05) is 5.32 Å². The Labute approximate surface area is 119 Å². The topological polar surface area (TPSA) is 92.2 Å². The van der Waals surface area contributed by atoms with E-state index in [0.717, 1.165) is 5.56 Å². The van der Waals surface area contributed by atoms with Crippen molar-refractivity contribution in [3.05, 3.63) is 52.6 Å². The number of carbonyl (C=O) groups is 2. The fourth-order valence-electron chi connectivity index (χ4n) is 1.56. The molecule has 0 spiro atoms. The molecule has 2 rings (SSSR count). The zero-order chi connectivity index (χ0) is 14.7. The van der Waals surface area contributed by atoms with E-state index in [2.05, 4.69) is 15.3 Å². The number of anilines is 1. The van der Waals surface area contributed by atoms with Gasteiger partial charge in [-0.25, -0.2) is 14.8 Å². The average molecular weight is 292 g/mol. The number of aryl methyl sites for hydroxylation is 1. The minimum Gasteiger partial charge on any atom is -0.478 e. The monoisotopic (exact) mass is 291 g/mol. The first-order valence-corrected chi connectivity index (χ1v) is 5.98. The van der Waals surface area contributed by atoms with Crippen LogP contribution in [-0.2, 0) is 0 Å². The molecule has 102 valence electrons. The van der Waals surface area contributed by atoms with E-state index >= 15 is 0 Å². The lowest BCUT2D eigenvalue weighted by Gasteiger charge is -2.08. The summed E-state index contributed by atoms with van der Waals surface area (Å²) in [5.74, 6) is -1.67. The van der Waals surface area contributed by atoms with Crippen molar-refractivity contribution in [1.82, 2.24) is 9.97 Å². The summed E-state index contributed by atoms with van der Waals surface area (Å²) in [6, 6.07) is 4.71. The molecule has 0 unspecified atom stereocenters. The molecule has 1 heterocycles. The third kappa shape index (κ3) is 3.10. The van der Waals surface area contributed by atoms with Gasteiger partial charge in [0.15, 0.2) is 0 Å². The lowest BCUT2D eigenvalue weighted by Crippen LogP contribution is -2.16. The number of nitrogens with zero attached hydrogens (tertiary/aromatic N) is 2. The van der Waals surface area contributed by atoms with Gasteiger partial charge in [0.05, 0.1) is 23.6 Å². The van der Waals surface area contributed by atoms with Crippen LogP contribution in [0.4, 0.5) is 5.69 Å². The quantitative estimate of drug-likeness (QED) is 0.906. The number of aromatic nitrogens is 2. The Morgan fingerprint density at radius 3 is 2.60 bits per heavy atom. The molecular weight excluding hydrogens is 282 g/mol. The summed E-state index contributed by atoms with van der Waals surface area (Å²) in [6.07, 6.45) is 2.45. The van der Waals surface area contributed by atoms with Crippen LogP contribution in [0.15, 0.2) is 30.6 Å². The van der Waals surface area contributed by atoms with Gasteiger partial charge in [0.2, 0.25) is 0 Å². The molecule has 2 N–H and O–H groups in total. The van der Waals surface area contributed by atoms with Crippen molar-refractivity contribution < 1.29 is 14.7 Å². The maximum Gasteiger partial charge on any atom is 0.337 e. The van der Waals surface area contributed by atoms with Crippen LogP contribution in [0.3, 0.4) is 0 Å². The van der Waals surface area contributed by atoms with Gasteiger partial charge in [-0.1, -0.05) is 23.2 Å². The van der Waals surface area contributed by atoms with Crippen LogP contribution < -0.4 is 5.32 Å². The van der Waals surface area contributed by atoms with Crippen molar-refractivity contribution in [3.63, 3.8) is 0 Å². The number of rotatable bonds is 3. The van der Waals surface area contributed by atoms with Crippen LogP contribution in [0.5, 0.6) is 0 Å². The minimum atomic E-state index is -1.12. The molecule has 0 bridgehead atoms. The van der Waals surface area contributed by atoms with Crippen molar-refractivity contribution >= 4 is 29.2 Å². The van der Waals surface area contributed by atoms with Crippen molar-refractivity contribution in [2.24, 2.45) is 0 Å². The summed E-state index contributed by atoms with van der Waals surface area (Å²) in [5, 5.41) is 11.8. The van der Waals surface area contributed by atoms with Gasteiger partial charge in [-0.2, -0.15) is 0 Å². The maximum atomic E-state index is 11.9. The van der Waals surface area contributed by atoms with Crippen LogP contribution in [0.1, 0.15) is 26.4 Å². The second kappa shape index (κ2) is 5.66. The number of halogens is 1. The van der Waals surface area contributed by atoms with E-state index in [1.165, 1.54) is 24.5 Å². The highest BCUT2D eigenvalue weighted by Crippen LogP contribution is 2.18. The molecule has 0 fully saturated rings. The number of nitrogens with one attached hydrogen (secondary N) is 1. The number of amides is 1. The summed E-state index contributed by atoms with van der Waals surface area (Å²) in [6.45, 7) is 1.77. The third-order valence-corrected chi connectivity index (χ3v) is 2.70. The van der Waals surface area contributed by atoms with E-state index in [0.29, 0.717) is 0 Å². The van der Waals surface area contributed by atoms with Gasteiger partial charge < -0.3 is 10.4 Å². The standard InChI is InChI=1S/C13H10ClN3O3/c1-7-2-3-9(8(4-7)13(19)20)17-12(18)10-5-16-11(14)6-15-10/h2-6H,1H3,(H,17,18)(H,19,20). The average Bonchev–Trinajstić information content (AvgIpc) is 2.41. The van der Waals surface area contributed by atoms with E-state index in [1.54, 1.807) is 13.0 Å². The molecule has 0 aliphatic carbocycles. The molecule has 1 amide bonds. The molecular formula is C13H10ClN3O3. The van der Waals surface area contributed by atoms with Gasteiger partial charge in [0, 0.05) is 0 Å². The highest BCUT2D eigenvalue weighted by Gasteiger charge is 2.14. The number of hydrogen-bond acceptors (Lipinski definition) is 4. The number of carbonyl (C=O) groups excluding carboxylic acids is 1. The van der Waals surface area contributed by atoms with Crippen LogP contribution >= 0.6 is 11.6 Å². The van der Waals surface area contributed by atoms with E-state index in [1.807, 2.05) is 0 Å². The molecule has 0 saturated carbocycles. The van der Waals surface area contributed by atoms with E-state index in [-0.39, 0.29) is 22.1 Å². The zero-order valence-corrected chi connectivity index (χ0v) is 11.2. The summed E-state index contributed by atoms with van der Waals surface area (Å²) in [4.78, 5) is 30.6. The largest absolute Gasteiger partial charge is 0.478 e. The Balaban J connectivity index is 2.28. The fraction of sp³-hybridized carbons (Fsp3) is 0.0769. The number of benzene rings is 1. The number of carboxylic acid groups (broad SMARTS) is 1. The second-order valence-electron chi connectivity index (χ2n) is 4.03. The molecule has 0 radical (unpaired) electrons. The summed E-state index contributed by atoms with van der Waals surface area (Å²) < 4.78 is 0. The van der Waals surface area contributed by atoms with Gasteiger partial charge in [-0.05, 0) is 19.1 Å². The molecule has 0 aliphatic rings. The first-order valence-electron chi connectivity index (χ1n) is 5.60. The fourth-order valence-corrected chi connectivity index (χ4v) is 1.66. The number of carboxylic acids is 1. The predicted octanol–water partition coefficient (Wildman–Crippen LogP) is 2.39. The van der Waals surface area contributed by atoms with Gasteiger partial charge >= 0.3 is 5.97 Å². The molecule has 0 aliphatic heterocycles. The predicted molar refractivity (Wildman–Crippen MR) is 73.1 cm³/mol. The maximum absolute atomic E-state index is 11.9. The zero-order valence-electron chi connectivity index (χ0n) is 10.4. The summed E-state index contributed by atoms with van der Waals surface area (Å²) >= 11 is 5.58. The minimum absolute atomic E-state index is 0.0141. The smallest absolute Gasteiger partial charge is 0.337 e. The van der Waals surface area contributed by atoms with Crippen molar-refractivity contribution in [3.8, 4) is 0 Å². The van der Waals surface area contributed by atoms with Crippen LogP contribution in [0.2, 0.25) is 5.15 Å². The van der Waals surface area contributed by atoms with Gasteiger partial charge in [-0.15, -0.1) is 0 Å². The molecule has 7 heteroatoms. The second-order valence-corrected chi connectivity index (χ2v) is 4.42. The Morgan fingerprint density at radius 1 is 1.25 bits per heavy atom. The Bertz CT molecular complexity index is 671. The number of aromatic carboxylic acids is 1. The molecule has 1 aromatic heterocycles. The molecule has 0 atom stereocenters. The lowest BCUT2D eigenvalue weighted by atomic mass is 10.1. The SMILES string of the molecule is Cc1ccc(NC(=O)c2cnc(Cl)cn2)c(C(=O)O)c1. The Morgan fingerprint density at radius 2 is 2.00 bits per heavy atom. The van der Waals surface area contributed by atoms with Gasteiger partial charge in [-0.3, -0.25) is 4.79 Å². The van der Waals surface area contributed by atoms with Gasteiger partial charge in [0.25, 0.3) is 5.91 Å². The molecule has 20 heavy (non-hydrogen) atoms. The van der Waals surface area contributed by atoms with E-state index in [4.69, 9.17) is 16.7 Å². The highest BCUT2D eigenvalue weighted by molar-refractivity contribution is 6.29. The van der Waals surface area contributed by atoms with E-state index in [9.17, 15) is 9.59 Å². The third-order valence-electron chi connectivity index (χ3n) is 2.51. The van der Waals surface area contributed by atoms with Crippen LogP contribution in [0, 0.1) is 6.92 Å². The Hall–Kier alpha value is -2.47. The molecule has 0 saturated heterocycles. The van der Waals surface area contributed by atoms with Crippen molar-refractivity contribution in [1.29, 1.82) is 0 Å². The normalized spacial score (nSPS) is 10.1. The molecule has 1 aromatic carbocycles. The first-order chi connectivity index (χ1) is 9.47. The van der Waals surface area contributed by atoms with Crippen molar-refractivity contribution in [2.45, 2.75) is 6.92 Å². The van der Waals surface area contributed by atoms with Gasteiger partial charge in [0.1, 0.15) is 10.8 Å². The van der Waals surface area contributed by atoms with E-state index < -0.39 is 11.9 Å². The molecule has 2 aromatic rings.